The molecular formula is C15H20N2O2S2. The highest BCUT2D eigenvalue weighted by molar-refractivity contribution is 7.98. The largest absolute Gasteiger partial charge is 0.399 e. The Hall–Kier alpha value is -1.24. The monoisotopic (exact) mass is 324 g/mol. The van der Waals surface area contributed by atoms with Crippen LogP contribution >= 0.6 is 11.8 Å². The zero-order valence-corrected chi connectivity index (χ0v) is 13.8. The molecule has 0 fully saturated rings. The highest BCUT2D eigenvalue weighted by atomic mass is 32.2. The molecule has 0 heterocycles. The SMILES string of the molecule is CSCC(C)CNS(=O)(=O)c1cccc2cc(N)ccc12. The molecule has 21 heavy (non-hydrogen) atoms. The predicted octanol–water partition coefficient (Wildman–Crippen LogP) is 2.70. The van der Waals surface area contributed by atoms with Crippen molar-refractivity contribution in [2.75, 3.05) is 24.3 Å². The van der Waals surface area contributed by atoms with Gasteiger partial charge in [-0.15, -0.1) is 0 Å². The van der Waals surface area contributed by atoms with E-state index < -0.39 is 10.0 Å². The van der Waals surface area contributed by atoms with Crippen molar-refractivity contribution in [3.8, 4) is 0 Å². The van der Waals surface area contributed by atoms with Crippen LogP contribution in [0.25, 0.3) is 10.8 Å². The lowest BCUT2D eigenvalue weighted by Gasteiger charge is -2.13. The van der Waals surface area contributed by atoms with Crippen LogP contribution in [-0.4, -0.2) is 27.0 Å². The first-order chi connectivity index (χ1) is 9.94. The number of nitrogens with two attached hydrogens (primary N) is 1. The lowest BCUT2D eigenvalue weighted by Crippen LogP contribution is -2.29. The lowest BCUT2D eigenvalue weighted by molar-refractivity contribution is 0.563. The number of nitrogens with one attached hydrogen (secondary N) is 1. The second kappa shape index (κ2) is 6.68. The fourth-order valence-corrected chi connectivity index (χ4v) is 4.26. The van der Waals surface area contributed by atoms with Crippen molar-refractivity contribution >= 4 is 38.2 Å². The Bertz CT molecular complexity index is 730. The summed E-state index contributed by atoms with van der Waals surface area (Å²) in [5, 5.41) is 1.52. The third-order valence-electron chi connectivity index (χ3n) is 3.23. The van der Waals surface area contributed by atoms with E-state index in [-0.39, 0.29) is 0 Å². The molecule has 2 rings (SSSR count). The summed E-state index contributed by atoms with van der Waals surface area (Å²) in [6, 6.07) is 10.5. The van der Waals surface area contributed by atoms with Gasteiger partial charge >= 0.3 is 0 Å². The number of nitrogen functional groups attached to an aromatic ring is 1. The Morgan fingerprint density at radius 3 is 2.76 bits per heavy atom. The molecule has 114 valence electrons. The van der Waals surface area contributed by atoms with Crippen molar-refractivity contribution < 1.29 is 8.42 Å². The van der Waals surface area contributed by atoms with Crippen molar-refractivity contribution in [1.82, 2.24) is 4.72 Å². The van der Waals surface area contributed by atoms with Gasteiger partial charge in [0.05, 0.1) is 4.90 Å². The maximum atomic E-state index is 12.5. The first-order valence-corrected chi connectivity index (χ1v) is 9.58. The lowest BCUT2D eigenvalue weighted by atomic mass is 10.1. The molecule has 0 saturated carbocycles. The van der Waals surface area contributed by atoms with Gasteiger partial charge in [-0.2, -0.15) is 11.8 Å². The van der Waals surface area contributed by atoms with Crippen LogP contribution < -0.4 is 10.5 Å². The average Bonchev–Trinajstić information content (AvgIpc) is 2.44. The standard InChI is InChI=1S/C15H20N2O2S2/c1-11(10-20-2)9-17-21(18,19)15-5-3-4-12-8-13(16)6-7-14(12)15/h3-8,11,17H,9-10,16H2,1-2H3. The van der Waals surface area contributed by atoms with Gasteiger partial charge in [-0.1, -0.05) is 25.1 Å². The maximum Gasteiger partial charge on any atom is 0.241 e. The molecule has 6 heteroatoms. The van der Waals surface area contributed by atoms with Gasteiger partial charge < -0.3 is 5.73 Å². The molecule has 2 aromatic rings. The van der Waals surface area contributed by atoms with E-state index in [0.717, 1.165) is 11.1 Å². The fraction of sp³-hybridized carbons (Fsp3) is 0.333. The van der Waals surface area contributed by atoms with Gasteiger partial charge in [0.2, 0.25) is 10.0 Å². The molecule has 3 N–H and O–H groups in total. The molecule has 2 aromatic carbocycles. The van der Waals surface area contributed by atoms with Gasteiger partial charge in [-0.25, -0.2) is 13.1 Å². The van der Waals surface area contributed by atoms with Gasteiger partial charge in [0.25, 0.3) is 0 Å². The average molecular weight is 324 g/mol. The summed E-state index contributed by atoms with van der Waals surface area (Å²) < 4.78 is 27.7. The normalized spacial score (nSPS) is 13.4. The van der Waals surface area contributed by atoms with E-state index in [9.17, 15) is 8.42 Å². The van der Waals surface area contributed by atoms with E-state index in [2.05, 4.69) is 4.72 Å². The number of sulfonamides is 1. The molecule has 0 spiro atoms. The van der Waals surface area contributed by atoms with E-state index in [1.165, 1.54) is 0 Å². The van der Waals surface area contributed by atoms with Gasteiger partial charge in [0, 0.05) is 17.6 Å². The van der Waals surface area contributed by atoms with Crippen LogP contribution in [0.4, 0.5) is 5.69 Å². The minimum Gasteiger partial charge on any atom is -0.399 e. The molecule has 4 nitrogen and oxygen atoms in total. The Morgan fingerprint density at radius 1 is 1.29 bits per heavy atom. The van der Waals surface area contributed by atoms with Crippen molar-refractivity contribution in [2.45, 2.75) is 11.8 Å². The zero-order chi connectivity index (χ0) is 15.5. The number of hydrogen-bond donors (Lipinski definition) is 2. The zero-order valence-electron chi connectivity index (χ0n) is 12.2. The van der Waals surface area contributed by atoms with Crippen molar-refractivity contribution in [1.29, 1.82) is 0 Å². The van der Waals surface area contributed by atoms with Crippen LogP contribution in [0.15, 0.2) is 41.3 Å². The molecule has 0 aromatic heterocycles. The van der Waals surface area contributed by atoms with Crippen LogP contribution in [0.5, 0.6) is 0 Å². The summed E-state index contributed by atoms with van der Waals surface area (Å²) in [7, 11) is -3.51. The Kier molecular flexibility index (Phi) is 5.13. The minimum absolute atomic E-state index is 0.292. The molecular weight excluding hydrogens is 304 g/mol. The number of thioether (sulfide) groups is 1. The summed E-state index contributed by atoms with van der Waals surface area (Å²) >= 11 is 1.71. The Labute approximate surface area is 130 Å². The van der Waals surface area contributed by atoms with Crippen LogP contribution in [-0.2, 0) is 10.0 Å². The van der Waals surface area contributed by atoms with Crippen molar-refractivity contribution in [3.63, 3.8) is 0 Å². The van der Waals surface area contributed by atoms with E-state index in [1.807, 2.05) is 19.2 Å². The first-order valence-electron chi connectivity index (χ1n) is 6.71. The smallest absolute Gasteiger partial charge is 0.241 e. The van der Waals surface area contributed by atoms with E-state index in [0.29, 0.717) is 28.4 Å². The van der Waals surface area contributed by atoms with Crippen LogP contribution in [0.3, 0.4) is 0 Å². The van der Waals surface area contributed by atoms with Crippen molar-refractivity contribution in [3.05, 3.63) is 36.4 Å². The molecule has 0 aliphatic carbocycles. The van der Waals surface area contributed by atoms with E-state index in [1.54, 1.807) is 42.1 Å². The number of anilines is 1. The van der Waals surface area contributed by atoms with Crippen LogP contribution in [0.2, 0.25) is 0 Å². The summed E-state index contributed by atoms with van der Waals surface area (Å²) in [6.07, 6.45) is 2.01. The Balaban J connectivity index is 2.32. The molecule has 1 atom stereocenters. The van der Waals surface area contributed by atoms with Gasteiger partial charge in [0.15, 0.2) is 0 Å². The molecule has 0 amide bonds. The molecule has 0 radical (unpaired) electrons. The van der Waals surface area contributed by atoms with Crippen molar-refractivity contribution in [2.24, 2.45) is 5.92 Å². The number of hydrogen-bond acceptors (Lipinski definition) is 4. The van der Waals surface area contributed by atoms with E-state index in [4.69, 9.17) is 5.73 Å². The van der Waals surface area contributed by atoms with Gasteiger partial charge in [0.1, 0.15) is 0 Å². The highest BCUT2D eigenvalue weighted by Crippen LogP contribution is 2.24. The Morgan fingerprint density at radius 2 is 2.05 bits per heavy atom. The third kappa shape index (κ3) is 3.90. The molecule has 1 unspecified atom stereocenters. The number of benzene rings is 2. The molecule has 0 bridgehead atoms. The highest BCUT2D eigenvalue weighted by Gasteiger charge is 2.17. The predicted molar refractivity (Wildman–Crippen MR) is 91.1 cm³/mol. The first kappa shape index (κ1) is 16.1. The second-order valence-corrected chi connectivity index (χ2v) is 7.80. The topological polar surface area (TPSA) is 72.2 Å². The fourth-order valence-electron chi connectivity index (χ4n) is 2.18. The van der Waals surface area contributed by atoms with Crippen LogP contribution in [0.1, 0.15) is 6.92 Å². The third-order valence-corrected chi connectivity index (χ3v) is 5.61. The molecule has 0 aliphatic heterocycles. The molecule has 0 aliphatic rings. The number of fused-ring (bicyclic) bond motifs is 1. The summed E-state index contributed by atoms with van der Waals surface area (Å²) in [6.45, 7) is 2.47. The quantitative estimate of drug-likeness (QED) is 0.801. The van der Waals surface area contributed by atoms with E-state index >= 15 is 0 Å². The minimum atomic E-state index is -3.51. The number of rotatable bonds is 6. The second-order valence-electron chi connectivity index (χ2n) is 5.15. The van der Waals surface area contributed by atoms with Gasteiger partial charge in [-0.3, -0.25) is 0 Å². The summed E-state index contributed by atoms with van der Waals surface area (Å²) in [5.41, 5.74) is 6.37. The van der Waals surface area contributed by atoms with Gasteiger partial charge in [-0.05, 0) is 41.5 Å². The molecule has 0 saturated heterocycles. The van der Waals surface area contributed by atoms with Crippen LogP contribution in [0, 0.1) is 5.92 Å². The maximum absolute atomic E-state index is 12.5. The summed E-state index contributed by atoms with van der Waals surface area (Å²) in [4.78, 5) is 0.302. The summed E-state index contributed by atoms with van der Waals surface area (Å²) in [5.74, 6) is 1.22.